The standard InChI is InChI=1S/C12H12F3NO3S/c1-11(10(18)19,12(13,14)15)16-9(17)7-3-5-8(20-2)6-4-7/h3-6H,1-2H3,(H,16,17)(H,18,19). The maximum atomic E-state index is 12.8. The fraction of sp³-hybridized carbons (Fsp3) is 0.333. The summed E-state index contributed by atoms with van der Waals surface area (Å²) < 4.78 is 38.3. The van der Waals surface area contributed by atoms with E-state index in [-0.39, 0.29) is 5.56 Å². The fourth-order valence-electron chi connectivity index (χ4n) is 1.29. The molecule has 1 unspecified atom stereocenters. The number of rotatable bonds is 4. The van der Waals surface area contributed by atoms with Crippen molar-refractivity contribution in [3.63, 3.8) is 0 Å². The summed E-state index contributed by atoms with van der Waals surface area (Å²) in [6.45, 7) is 0.406. The molecule has 0 aromatic heterocycles. The number of hydrogen-bond donors (Lipinski definition) is 2. The van der Waals surface area contributed by atoms with Gasteiger partial charge in [-0.25, -0.2) is 4.79 Å². The highest BCUT2D eigenvalue weighted by Crippen LogP contribution is 2.30. The minimum Gasteiger partial charge on any atom is -0.479 e. The maximum absolute atomic E-state index is 12.8. The van der Waals surface area contributed by atoms with Gasteiger partial charge < -0.3 is 10.4 Å². The van der Waals surface area contributed by atoms with Gasteiger partial charge in [0, 0.05) is 10.5 Å². The quantitative estimate of drug-likeness (QED) is 0.839. The lowest BCUT2D eigenvalue weighted by Crippen LogP contribution is -2.61. The number of hydrogen-bond acceptors (Lipinski definition) is 3. The van der Waals surface area contributed by atoms with Crippen molar-refractivity contribution in [1.82, 2.24) is 5.32 Å². The lowest BCUT2D eigenvalue weighted by Gasteiger charge is -2.28. The third kappa shape index (κ3) is 3.24. The zero-order chi connectivity index (χ0) is 15.6. The number of thioether (sulfide) groups is 1. The van der Waals surface area contributed by atoms with Crippen LogP contribution < -0.4 is 5.32 Å². The number of halogens is 3. The second-order valence-corrected chi connectivity index (χ2v) is 4.99. The topological polar surface area (TPSA) is 66.4 Å². The Morgan fingerprint density at radius 3 is 2.05 bits per heavy atom. The van der Waals surface area contributed by atoms with E-state index < -0.39 is 23.6 Å². The highest BCUT2D eigenvalue weighted by Gasteiger charge is 2.58. The lowest BCUT2D eigenvalue weighted by atomic mass is 10.0. The normalized spacial score (nSPS) is 14.4. The SMILES string of the molecule is CSc1ccc(C(=O)NC(C)(C(=O)O)C(F)(F)F)cc1. The summed E-state index contributed by atoms with van der Waals surface area (Å²) in [6, 6.07) is 5.79. The highest BCUT2D eigenvalue weighted by atomic mass is 32.2. The number of alkyl halides is 3. The van der Waals surface area contributed by atoms with E-state index in [9.17, 15) is 22.8 Å². The van der Waals surface area contributed by atoms with E-state index in [1.165, 1.54) is 29.2 Å². The van der Waals surface area contributed by atoms with Crippen molar-refractivity contribution in [2.75, 3.05) is 6.26 Å². The Balaban J connectivity index is 3.00. The average Bonchev–Trinajstić information content (AvgIpc) is 2.37. The Labute approximate surface area is 117 Å². The molecule has 110 valence electrons. The summed E-state index contributed by atoms with van der Waals surface area (Å²) >= 11 is 1.41. The molecular formula is C12H12F3NO3S. The van der Waals surface area contributed by atoms with Crippen molar-refractivity contribution in [1.29, 1.82) is 0 Å². The molecule has 0 saturated heterocycles. The average molecular weight is 307 g/mol. The van der Waals surface area contributed by atoms with Crippen LogP contribution >= 0.6 is 11.8 Å². The van der Waals surface area contributed by atoms with E-state index >= 15 is 0 Å². The van der Waals surface area contributed by atoms with Gasteiger partial charge in [-0.05, 0) is 37.4 Å². The number of carboxylic acids is 1. The molecular weight excluding hydrogens is 295 g/mol. The van der Waals surface area contributed by atoms with Gasteiger partial charge in [-0.15, -0.1) is 11.8 Å². The molecule has 4 nitrogen and oxygen atoms in total. The molecule has 0 fully saturated rings. The molecule has 1 aromatic carbocycles. The van der Waals surface area contributed by atoms with Gasteiger partial charge in [0.2, 0.25) is 5.54 Å². The Bertz CT molecular complexity index is 516. The van der Waals surface area contributed by atoms with Gasteiger partial charge in [-0.2, -0.15) is 13.2 Å². The molecule has 0 radical (unpaired) electrons. The second kappa shape index (κ2) is 5.74. The molecule has 0 aliphatic carbocycles. The third-order valence-electron chi connectivity index (χ3n) is 2.71. The van der Waals surface area contributed by atoms with Crippen LogP contribution in [0.2, 0.25) is 0 Å². The van der Waals surface area contributed by atoms with Crippen LogP contribution in [0.15, 0.2) is 29.2 Å². The summed E-state index contributed by atoms with van der Waals surface area (Å²) in [5.41, 5.74) is -3.37. The summed E-state index contributed by atoms with van der Waals surface area (Å²) in [7, 11) is 0. The number of nitrogens with one attached hydrogen (secondary N) is 1. The van der Waals surface area contributed by atoms with Crippen LogP contribution in [0.3, 0.4) is 0 Å². The first-order chi connectivity index (χ1) is 9.11. The van der Waals surface area contributed by atoms with Gasteiger partial charge in [0.05, 0.1) is 0 Å². The minimum atomic E-state index is -5.10. The number of carbonyl (C=O) groups excluding carboxylic acids is 1. The molecule has 20 heavy (non-hydrogen) atoms. The van der Waals surface area contributed by atoms with E-state index in [0.717, 1.165) is 4.90 Å². The Kier molecular flexibility index (Phi) is 4.69. The molecule has 1 atom stereocenters. The lowest BCUT2D eigenvalue weighted by molar-refractivity contribution is -0.203. The van der Waals surface area contributed by atoms with Crippen LogP contribution in [-0.2, 0) is 4.79 Å². The Morgan fingerprint density at radius 2 is 1.70 bits per heavy atom. The number of amides is 1. The zero-order valence-electron chi connectivity index (χ0n) is 10.6. The minimum absolute atomic E-state index is 0.0421. The molecule has 0 aliphatic rings. The molecule has 0 aliphatic heterocycles. The Morgan fingerprint density at radius 1 is 1.20 bits per heavy atom. The summed E-state index contributed by atoms with van der Waals surface area (Å²) in [4.78, 5) is 23.4. The van der Waals surface area contributed by atoms with Crippen molar-refractivity contribution in [2.45, 2.75) is 23.5 Å². The molecule has 1 rings (SSSR count). The van der Waals surface area contributed by atoms with Crippen LogP contribution in [0, 0.1) is 0 Å². The van der Waals surface area contributed by atoms with Crippen LogP contribution in [0.4, 0.5) is 13.2 Å². The van der Waals surface area contributed by atoms with Gasteiger partial charge in [-0.3, -0.25) is 4.79 Å². The van der Waals surface area contributed by atoms with Gasteiger partial charge >= 0.3 is 12.1 Å². The van der Waals surface area contributed by atoms with E-state index in [4.69, 9.17) is 5.11 Å². The van der Waals surface area contributed by atoms with Crippen LogP contribution in [0.25, 0.3) is 0 Å². The molecule has 0 saturated carbocycles. The molecule has 2 N–H and O–H groups in total. The van der Waals surface area contributed by atoms with Gasteiger partial charge in [0.1, 0.15) is 0 Å². The van der Waals surface area contributed by atoms with Gasteiger partial charge in [-0.1, -0.05) is 0 Å². The van der Waals surface area contributed by atoms with Crippen molar-refractivity contribution < 1.29 is 27.9 Å². The third-order valence-corrected chi connectivity index (χ3v) is 3.45. The van der Waals surface area contributed by atoms with Gasteiger partial charge in [0.25, 0.3) is 5.91 Å². The van der Waals surface area contributed by atoms with Crippen LogP contribution in [0.5, 0.6) is 0 Å². The highest BCUT2D eigenvalue weighted by molar-refractivity contribution is 7.98. The summed E-state index contributed by atoms with van der Waals surface area (Å²) in [5, 5.41) is 10.2. The first-order valence-corrected chi connectivity index (χ1v) is 6.61. The monoisotopic (exact) mass is 307 g/mol. The number of benzene rings is 1. The predicted molar refractivity (Wildman–Crippen MR) is 67.8 cm³/mol. The van der Waals surface area contributed by atoms with E-state index in [1.54, 1.807) is 18.4 Å². The summed E-state index contributed by atoms with van der Waals surface area (Å²) in [6.07, 6.45) is -3.30. The Hall–Kier alpha value is -1.70. The molecule has 0 bridgehead atoms. The van der Waals surface area contributed by atoms with Crippen molar-refractivity contribution in [3.05, 3.63) is 29.8 Å². The van der Waals surface area contributed by atoms with Crippen molar-refractivity contribution >= 4 is 23.6 Å². The molecule has 8 heteroatoms. The number of carbonyl (C=O) groups is 2. The fourth-order valence-corrected chi connectivity index (χ4v) is 1.70. The smallest absolute Gasteiger partial charge is 0.422 e. The number of aliphatic carboxylic acids is 1. The first-order valence-electron chi connectivity index (χ1n) is 5.38. The maximum Gasteiger partial charge on any atom is 0.422 e. The molecule has 1 aromatic rings. The van der Waals surface area contributed by atoms with Crippen molar-refractivity contribution in [3.8, 4) is 0 Å². The molecule has 0 heterocycles. The zero-order valence-corrected chi connectivity index (χ0v) is 11.4. The van der Waals surface area contributed by atoms with E-state index in [0.29, 0.717) is 6.92 Å². The summed E-state index contributed by atoms with van der Waals surface area (Å²) in [5.74, 6) is -3.26. The number of carboxylic acid groups (broad SMARTS) is 1. The second-order valence-electron chi connectivity index (χ2n) is 4.11. The largest absolute Gasteiger partial charge is 0.479 e. The van der Waals surface area contributed by atoms with E-state index in [2.05, 4.69) is 0 Å². The predicted octanol–water partition coefficient (Wildman–Crippen LogP) is 2.54. The van der Waals surface area contributed by atoms with Crippen LogP contribution in [-0.4, -0.2) is 35.0 Å². The molecule has 0 spiro atoms. The first kappa shape index (κ1) is 16.4. The van der Waals surface area contributed by atoms with Gasteiger partial charge in [0.15, 0.2) is 0 Å². The van der Waals surface area contributed by atoms with E-state index in [1.807, 2.05) is 0 Å². The van der Waals surface area contributed by atoms with Crippen molar-refractivity contribution in [2.24, 2.45) is 0 Å². The molecule has 1 amide bonds. The van der Waals surface area contributed by atoms with Crippen LogP contribution in [0.1, 0.15) is 17.3 Å².